The van der Waals surface area contributed by atoms with Crippen LogP contribution in [0.25, 0.3) is 6.08 Å². The third-order valence-corrected chi connectivity index (χ3v) is 4.23. The zero-order valence-electron chi connectivity index (χ0n) is 14.7. The Morgan fingerprint density at radius 2 is 2.00 bits per heavy atom. The van der Waals surface area contributed by atoms with E-state index in [-0.39, 0.29) is 5.91 Å². The molecule has 140 valence electrons. The lowest BCUT2D eigenvalue weighted by Crippen LogP contribution is -2.47. The van der Waals surface area contributed by atoms with E-state index in [0.29, 0.717) is 12.0 Å². The third kappa shape index (κ3) is 6.00. The number of likely N-dealkylation sites (tertiary alicyclic amines) is 1. The normalized spacial score (nSPS) is 15.2. The molecule has 1 aromatic carbocycles. The second-order valence-electron chi connectivity index (χ2n) is 6.30. The minimum atomic E-state index is -1.44. The number of benzene rings is 1. The largest absolute Gasteiger partial charge is 0.479 e. The number of nitrogens with two attached hydrogens (primary N) is 1. The number of carboxylic acid groups (broad SMARTS) is 1. The van der Waals surface area contributed by atoms with Crippen LogP contribution in [0, 0.1) is 0 Å². The van der Waals surface area contributed by atoms with E-state index in [4.69, 9.17) is 10.8 Å². The topological polar surface area (TPSA) is 113 Å². The number of nitrogens with one attached hydrogen (secondary N) is 1. The lowest BCUT2D eigenvalue weighted by atomic mass is 10.1. The summed E-state index contributed by atoms with van der Waals surface area (Å²) in [6, 6.07) is 6.82. The van der Waals surface area contributed by atoms with Gasteiger partial charge >= 0.3 is 5.97 Å². The van der Waals surface area contributed by atoms with Gasteiger partial charge in [0.15, 0.2) is 6.17 Å². The van der Waals surface area contributed by atoms with E-state index in [2.05, 4.69) is 5.32 Å². The first-order valence-corrected chi connectivity index (χ1v) is 8.81. The number of unbranched alkanes of at least 4 members (excludes halogenated alkanes) is 1. The van der Waals surface area contributed by atoms with Crippen LogP contribution in [0.2, 0.25) is 0 Å². The van der Waals surface area contributed by atoms with Crippen LogP contribution in [0.3, 0.4) is 0 Å². The summed E-state index contributed by atoms with van der Waals surface area (Å²) in [5, 5.41) is 10.9. The van der Waals surface area contributed by atoms with Crippen LogP contribution in [0.1, 0.15) is 48.0 Å². The van der Waals surface area contributed by atoms with Crippen molar-refractivity contribution in [2.24, 2.45) is 5.73 Å². The Morgan fingerprint density at radius 3 is 2.69 bits per heavy atom. The van der Waals surface area contributed by atoms with Crippen LogP contribution >= 0.6 is 0 Å². The monoisotopic (exact) mass is 359 g/mol. The molecule has 0 aliphatic carbocycles. The molecule has 1 fully saturated rings. The Labute approximate surface area is 152 Å². The van der Waals surface area contributed by atoms with Gasteiger partial charge in [0, 0.05) is 25.1 Å². The fraction of sp³-hybridized carbons (Fsp3) is 0.421. The van der Waals surface area contributed by atoms with E-state index in [9.17, 15) is 14.4 Å². The van der Waals surface area contributed by atoms with Crippen molar-refractivity contribution in [2.75, 3.05) is 13.1 Å². The molecule has 4 N–H and O–H groups in total. The zero-order chi connectivity index (χ0) is 18.9. The summed E-state index contributed by atoms with van der Waals surface area (Å²) in [5.74, 6) is -1.60. The number of nitrogens with zero attached hydrogens (tertiary/aromatic N) is 1. The Morgan fingerprint density at radius 1 is 1.27 bits per heavy atom. The highest BCUT2D eigenvalue weighted by Gasteiger charge is 2.17. The number of carbonyl (C=O) groups is 3. The van der Waals surface area contributed by atoms with Gasteiger partial charge in [-0.1, -0.05) is 24.3 Å². The highest BCUT2D eigenvalue weighted by Crippen LogP contribution is 2.12. The summed E-state index contributed by atoms with van der Waals surface area (Å²) in [4.78, 5) is 36.5. The molecule has 1 atom stereocenters. The van der Waals surface area contributed by atoms with Gasteiger partial charge in [0.2, 0.25) is 5.91 Å². The summed E-state index contributed by atoms with van der Waals surface area (Å²) in [6.45, 7) is 1.77. The standard InChI is InChI=1S/C19H25N3O4/c20-17(19(25)26)21-18(24)15-9-6-8-14(13-15)7-2-1-3-10-16(23)22-11-4-5-12-22/h2,6-9,13,17H,1,3-5,10-12,20H2,(H,21,24)(H,25,26)/b7-2-/t17-/m0/s1. The van der Waals surface area contributed by atoms with Crippen LogP contribution in [-0.4, -0.2) is 47.0 Å². The second-order valence-corrected chi connectivity index (χ2v) is 6.30. The van der Waals surface area contributed by atoms with Crippen molar-refractivity contribution >= 4 is 23.9 Å². The minimum Gasteiger partial charge on any atom is -0.479 e. The van der Waals surface area contributed by atoms with Crippen LogP contribution in [-0.2, 0) is 9.59 Å². The fourth-order valence-electron chi connectivity index (χ4n) is 2.79. The molecule has 0 aromatic heterocycles. The lowest BCUT2D eigenvalue weighted by Gasteiger charge is -2.14. The number of carbonyl (C=O) groups excluding carboxylic acids is 2. The summed E-state index contributed by atoms with van der Waals surface area (Å²) in [6.07, 6.45) is 6.75. The number of aliphatic carboxylic acids is 1. The molecule has 2 rings (SSSR count). The maximum atomic E-state index is 12.0. The van der Waals surface area contributed by atoms with E-state index >= 15 is 0 Å². The summed E-state index contributed by atoms with van der Waals surface area (Å²) in [5.41, 5.74) is 6.47. The van der Waals surface area contributed by atoms with Crippen molar-refractivity contribution in [2.45, 2.75) is 38.3 Å². The fourth-order valence-corrected chi connectivity index (χ4v) is 2.79. The number of hydrogen-bond acceptors (Lipinski definition) is 4. The van der Waals surface area contributed by atoms with Gasteiger partial charge in [0.05, 0.1) is 0 Å². The average Bonchev–Trinajstić information content (AvgIpc) is 3.16. The summed E-state index contributed by atoms with van der Waals surface area (Å²) >= 11 is 0. The number of rotatable bonds is 8. The summed E-state index contributed by atoms with van der Waals surface area (Å²) in [7, 11) is 0. The molecule has 0 radical (unpaired) electrons. The van der Waals surface area contributed by atoms with Crippen molar-refractivity contribution in [1.29, 1.82) is 0 Å². The first-order valence-electron chi connectivity index (χ1n) is 8.81. The lowest BCUT2D eigenvalue weighted by molar-refractivity contribution is -0.139. The van der Waals surface area contributed by atoms with E-state index in [1.54, 1.807) is 18.2 Å². The number of hydrogen-bond donors (Lipinski definition) is 3. The molecule has 1 heterocycles. The number of amides is 2. The molecule has 1 aliphatic heterocycles. The SMILES string of the molecule is N[C@@H](NC(=O)c1cccc(/C=C\CCCC(=O)N2CCCC2)c1)C(=O)O. The van der Waals surface area contributed by atoms with Crippen LogP contribution in [0.15, 0.2) is 30.3 Å². The molecule has 1 saturated heterocycles. The zero-order valence-corrected chi connectivity index (χ0v) is 14.7. The molecule has 1 aromatic rings. The molecular formula is C19H25N3O4. The first kappa shape index (κ1) is 19.7. The maximum absolute atomic E-state index is 12.0. The Balaban J connectivity index is 1.80. The molecule has 0 saturated carbocycles. The van der Waals surface area contributed by atoms with Crippen LogP contribution in [0.4, 0.5) is 0 Å². The van der Waals surface area contributed by atoms with E-state index < -0.39 is 18.0 Å². The van der Waals surface area contributed by atoms with Gasteiger partial charge in [-0.05, 0) is 43.4 Å². The van der Waals surface area contributed by atoms with E-state index in [1.807, 2.05) is 23.1 Å². The van der Waals surface area contributed by atoms with Gasteiger partial charge in [0.1, 0.15) is 0 Å². The maximum Gasteiger partial charge on any atom is 0.341 e. The van der Waals surface area contributed by atoms with Crippen molar-refractivity contribution in [3.63, 3.8) is 0 Å². The van der Waals surface area contributed by atoms with Crippen LogP contribution in [0.5, 0.6) is 0 Å². The van der Waals surface area contributed by atoms with Gasteiger partial charge in [-0.2, -0.15) is 0 Å². The molecule has 7 nitrogen and oxygen atoms in total. The molecule has 2 amide bonds. The molecule has 0 bridgehead atoms. The van der Waals surface area contributed by atoms with Crippen LogP contribution < -0.4 is 11.1 Å². The third-order valence-electron chi connectivity index (χ3n) is 4.23. The van der Waals surface area contributed by atoms with Gasteiger partial charge in [0.25, 0.3) is 5.91 Å². The van der Waals surface area contributed by atoms with Crippen molar-refractivity contribution in [1.82, 2.24) is 10.2 Å². The average molecular weight is 359 g/mol. The molecule has 7 heteroatoms. The number of carboxylic acids is 1. The highest BCUT2D eigenvalue weighted by atomic mass is 16.4. The van der Waals surface area contributed by atoms with Crippen molar-refractivity contribution < 1.29 is 19.5 Å². The van der Waals surface area contributed by atoms with E-state index in [1.165, 1.54) is 0 Å². The first-order chi connectivity index (χ1) is 12.5. The predicted octanol–water partition coefficient (Wildman–Crippen LogP) is 1.59. The quantitative estimate of drug-likeness (QED) is 0.482. The minimum absolute atomic E-state index is 0.226. The molecular weight excluding hydrogens is 334 g/mol. The van der Waals surface area contributed by atoms with Crippen molar-refractivity contribution in [3.05, 3.63) is 41.5 Å². The van der Waals surface area contributed by atoms with Gasteiger partial charge in [-0.25, -0.2) is 4.79 Å². The van der Waals surface area contributed by atoms with E-state index in [0.717, 1.165) is 44.3 Å². The smallest absolute Gasteiger partial charge is 0.341 e. The highest BCUT2D eigenvalue weighted by molar-refractivity contribution is 5.96. The van der Waals surface area contributed by atoms with Gasteiger partial charge in [-0.15, -0.1) is 0 Å². The summed E-state index contributed by atoms with van der Waals surface area (Å²) < 4.78 is 0. The Kier molecular flexibility index (Phi) is 7.35. The Hall–Kier alpha value is -2.67. The Bertz CT molecular complexity index is 681. The number of allylic oxidation sites excluding steroid dienone is 1. The molecule has 0 spiro atoms. The molecule has 0 unspecified atom stereocenters. The van der Waals surface area contributed by atoms with Gasteiger partial charge in [-0.3, -0.25) is 9.59 Å². The van der Waals surface area contributed by atoms with Crippen molar-refractivity contribution in [3.8, 4) is 0 Å². The predicted molar refractivity (Wildman–Crippen MR) is 98.2 cm³/mol. The molecule has 26 heavy (non-hydrogen) atoms. The molecule has 1 aliphatic rings. The second kappa shape index (κ2) is 9.72. The van der Waals surface area contributed by atoms with Gasteiger partial charge < -0.3 is 21.1 Å².